The molecule has 2 heterocycles. The molecule has 9 heteroatoms. The first-order chi connectivity index (χ1) is 11.8. The first-order valence-corrected chi connectivity index (χ1v) is 8.38. The zero-order valence-corrected chi connectivity index (χ0v) is 15.1. The maximum Gasteiger partial charge on any atom is 0.326 e. The Hall–Kier alpha value is -2.73. The molecule has 0 saturated carbocycles. The molecule has 0 aliphatic carbocycles. The minimum Gasteiger partial charge on any atom is -0.454 e. The van der Waals surface area contributed by atoms with Gasteiger partial charge >= 0.3 is 5.97 Å². The van der Waals surface area contributed by atoms with Crippen LogP contribution in [0.3, 0.4) is 0 Å². The Morgan fingerprint density at radius 2 is 2.16 bits per heavy atom. The topological polar surface area (TPSA) is 105 Å². The van der Waals surface area contributed by atoms with Gasteiger partial charge in [0.15, 0.2) is 6.61 Å². The molecule has 0 aromatic carbocycles. The van der Waals surface area contributed by atoms with E-state index < -0.39 is 18.5 Å². The number of aromatic nitrogens is 2. The van der Waals surface area contributed by atoms with Crippen LogP contribution in [0.25, 0.3) is 10.2 Å². The zero-order chi connectivity index (χ0) is 18.6. The van der Waals surface area contributed by atoms with E-state index in [0.717, 1.165) is 10.4 Å². The van der Waals surface area contributed by atoms with Gasteiger partial charge in [-0.1, -0.05) is 0 Å². The van der Waals surface area contributed by atoms with Crippen molar-refractivity contribution in [2.45, 2.75) is 26.8 Å². The summed E-state index contributed by atoms with van der Waals surface area (Å²) in [5, 5.41) is 9.00. The molecule has 0 N–H and O–H groups in total. The number of likely N-dealkylation sites (N-methyl/N-ethyl adjacent to an activating group) is 1. The van der Waals surface area contributed by atoms with Crippen LogP contribution in [0.4, 0.5) is 0 Å². The highest BCUT2D eigenvalue weighted by atomic mass is 32.1. The van der Waals surface area contributed by atoms with Crippen molar-refractivity contribution in [2.75, 3.05) is 20.2 Å². The molecule has 0 aliphatic rings. The standard InChI is InChI=1S/C16H18N4O4S/c1-10-11(2)25-15-14(10)16(23)20(9-18-15)7-13(22)24-8-12(21)19(3)6-4-5-17/h9H,4,6-8H2,1-3H3. The van der Waals surface area contributed by atoms with Crippen molar-refractivity contribution in [3.8, 4) is 6.07 Å². The fourth-order valence-corrected chi connectivity index (χ4v) is 3.15. The summed E-state index contributed by atoms with van der Waals surface area (Å²) < 4.78 is 6.09. The number of ether oxygens (including phenoxy) is 1. The van der Waals surface area contributed by atoms with Crippen molar-refractivity contribution in [1.82, 2.24) is 14.5 Å². The van der Waals surface area contributed by atoms with Crippen LogP contribution in [0, 0.1) is 25.2 Å². The van der Waals surface area contributed by atoms with E-state index in [9.17, 15) is 14.4 Å². The first-order valence-electron chi connectivity index (χ1n) is 7.56. The average molecular weight is 362 g/mol. The summed E-state index contributed by atoms with van der Waals surface area (Å²) in [6.45, 7) is 3.28. The molecule has 2 aromatic rings. The highest BCUT2D eigenvalue weighted by Crippen LogP contribution is 2.25. The SMILES string of the molecule is Cc1sc2ncn(CC(=O)OCC(=O)N(C)CCC#N)c(=O)c2c1C. The summed E-state index contributed by atoms with van der Waals surface area (Å²) in [6.07, 6.45) is 1.51. The fraction of sp³-hybridized carbons (Fsp3) is 0.438. The largest absolute Gasteiger partial charge is 0.454 e. The molecule has 8 nitrogen and oxygen atoms in total. The normalized spacial score (nSPS) is 10.5. The van der Waals surface area contributed by atoms with E-state index >= 15 is 0 Å². The summed E-state index contributed by atoms with van der Waals surface area (Å²) in [5.74, 6) is -1.11. The minimum absolute atomic E-state index is 0.205. The highest BCUT2D eigenvalue weighted by Gasteiger charge is 2.16. The smallest absolute Gasteiger partial charge is 0.326 e. The number of rotatable bonds is 6. The maximum absolute atomic E-state index is 12.5. The van der Waals surface area contributed by atoms with E-state index in [1.165, 1.54) is 34.2 Å². The summed E-state index contributed by atoms with van der Waals surface area (Å²) >= 11 is 1.43. The molecule has 2 aromatic heterocycles. The molecule has 0 radical (unpaired) electrons. The maximum atomic E-state index is 12.5. The van der Waals surface area contributed by atoms with E-state index in [1.807, 2.05) is 19.9 Å². The van der Waals surface area contributed by atoms with Crippen molar-refractivity contribution >= 4 is 33.4 Å². The van der Waals surface area contributed by atoms with Gasteiger partial charge in [-0.05, 0) is 19.4 Å². The molecule has 0 fully saturated rings. The Bertz CT molecular complexity index is 909. The second-order valence-corrected chi connectivity index (χ2v) is 6.73. The monoisotopic (exact) mass is 362 g/mol. The number of nitriles is 1. The highest BCUT2D eigenvalue weighted by molar-refractivity contribution is 7.18. The van der Waals surface area contributed by atoms with Gasteiger partial charge in [-0.2, -0.15) is 5.26 Å². The summed E-state index contributed by atoms with van der Waals surface area (Å²) in [6, 6.07) is 1.93. The molecular formula is C16H18N4O4S. The van der Waals surface area contributed by atoms with E-state index in [1.54, 1.807) is 0 Å². The van der Waals surface area contributed by atoms with E-state index in [4.69, 9.17) is 10.00 Å². The summed E-state index contributed by atoms with van der Waals surface area (Å²) in [5.41, 5.74) is 0.552. The van der Waals surface area contributed by atoms with Gasteiger partial charge < -0.3 is 9.64 Å². The summed E-state index contributed by atoms with van der Waals surface area (Å²) in [7, 11) is 1.53. The number of hydrogen-bond donors (Lipinski definition) is 0. The van der Waals surface area contributed by atoms with E-state index in [0.29, 0.717) is 10.2 Å². The van der Waals surface area contributed by atoms with Gasteiger partial charge in [-0.3, -0.25) is 19.0 Å². The van der Waals surface area contributed by atoms with Gasteiger partial charge in [0.2, 0.25) is 0 Å². The van der Waals surface area contributed by atoms with Crippen LogP contribution in [0.15, 0.2) is 11.1 Å². The van der Waals surface area contributed by atoms with Crippen LogP contribution >= 0.6 is 11.3 Å². The molecular weight excluding hydrogens is 344 g/mol. The Morgan fingerprint density at radius 3 is 2.84 bits per heavy atom. The van der Waals surface area contributed by atoms with Crippen molar-refractivity contribution in [3.63, 3.8) is 0 Å². The van der Waals surface area contributed by atoms with E-state index in [-0.39, 0.29) is 25.1 Å². The Kier molecular flexibility index (Phi) is 5.88. The Labute approximate surface area is 148 Å². The van der Waals surface area contributed by atoms with Gasteiger partial charge in [0.1, 0.15) is 11.4 Å². The molecule has 0 unspecified atom stereocenters. The Morgan fingerprint density at radius 1 is 1.44 bits per heavy atom. The number of fused-ring (bicyclic) bond motifs is 1. The van der Waals surface area contributed by atoms with Gasteiger partial charge in [-0.25, -0.2) is 4.98 Å². The van der Waals surface area contributed by atoms with Gasteiger partial charge in [0, 0.05) is 18.5 Å². The molecule has 25 heavy (non-hydrogen) atoms. The number of esters is 1. The van der Waals surface area contributed by atoms with Crippen LogP contribution in [0.1, 0.15) is 16.9 Å². The molecule has 0 atom stereocenters. The lowest BCUT2D eigenvalue weighted by molar-refractivity contribution is -0.152. The first kappa shape index (κ1) is 18.6. The third-order valence-electron chi connectivity index (χ3n) is 3.80. The predicted octanol–water partition coefficient (Wildman–Crippen LogP) is 0.990. The van der Waals surface area contributed by atoms with Crippen molar-refractivity contribution in [3.05, 3.63) is 27.1 Å². The number of aryl methyl sites for hydroxylation is 2. The average Bonchev–Trinajstić information content (AvgIpc) is 2.88. The number of carbonyl (C=O) groups excluding carboxylic acids is 2. The lowest BCUT2D eigenvalue weighted by Crippen LogP contribution is -2.33. The number of amides is 1. The van der Waals surface area contributed by atoms with Crippen LogP contribution in [-0.2, 0) is 20.9 Å². The molecule has 0 saturated heterocycles. The second-order valence-electron chi connectivity index (χ2n) is 5.53. The predicted molar refractivity (Wildman–Crippen MR) is 92.2 cm³/mol. The molecule has 0 bridgehead atoms. The molecule has 2 rings (SSSR count). The molecule has 1 amide bonds. The third kappa shape index (κ3) is 4.22. The zero-order valence-electron chi connectivity index (χ0n) is 14.2. The number of thiophene rings is 1. The molecule has 132 valence electrons. The number of hydrogen-bond acceptors (Lipinski definition) is 7. The lowest BCUT2D eigenvalue weighted by Gasteiger charge is -2.15. The molecule has 0 spiro atoms. The number of nitrogens with zero attached hydrogens (tertiary/aromatic N) is 4. The van der Waals surface area contributed by atoms with Crippen molar-refractivity contribution < 1.29 is 14.3 Å². The van der Waals surface area contributed by atoms with Crippen molar-refractivity contribution in [2.24, 2.45) is 0 Å². The Balaban J connectivity index is 2.02. The fourth-order valence-electron chi connectivity index (χ4n) is 2.16. The van der Waals surface area contributed by atoms with Crippen LogP contribution < -0.4 is 5.56 Å². The van der Waals surface area contributed by atoms with Crippen LogP contribution in [0.2, 0.25) is 0 Å². The quantitative estimate of drug-likeness (QED) is 0.710. The van der Waals surface area contributed by atoms with Crippen molar-refractivity contribution in [1.29, 1.82) is 5.26 Å². The lowest BCUT2D eigenvalue weighted by atomic mass is 10.2. The third-order valence-corrected chi connectivity index (χ3v) is 4.91. The van der Waals surface area contributed by atoms with Gasteiger partial charge in [0.05, 0.1) is 24.2 Å². The van der Waals surface area contributed by atoms with Gasteiger partial charge in [-0.15, -0.1) is 11.3 Å². The van der Waals surface area contributed by atoms with Crippen LogP contribution in [0.5, 0.6) is 0 Å². The van der Waals surface area contributed by atoms with Crippen LogP contribution in [-0.4, -0.2) is 46.5 Å². The molecule has 0 aliphatic heterocycles. The minimum atomic E-state index is -0.699. The van der Waals surface area contributed by atoms with E-state index in [2.05, 4.69) is 4.98 Å². The van der Waals surface area contributed by atoms with Gasteiger partial charge in [0.25, 0.3) is 11.5 Å². The number of carbonyl (C=O) groups is 2. The summed E-state index contributed by atoms with van der Waals surface area (Å²) in [4.78, 5) is 43.3. The second kappa shape index (κ2) is 7.90.